The molecule has 32 heavy (non-hydrogen) atoms. The highest BCUT2D eigenvalue weighted by atomic mass is 32.2. The molecule has 0 radical (unpaired) electrons. The van der Waals surface area contributed by atoms with E-state index < -0.39 is 0 Å². The molecule has 164 valence electrons. The summed E-state index contributed by atoms with van der Waals surface area (Å²) in [5.41, 5.74) is 3.88. The van der Waals surface area contributed by atoms with Crippen LogP contribution in [-0.2, 0) is 4.79 Å². The molecule has 0 saturated carbocycles. The zero-order chi connectivity index (χ0) is 21.5. The normalized spacial score (nSPS) is 24.6. The number of piperidine rings is 2. The van der Waals surface area contributed by atoms with Crippen LogP contribution >= 0.6 is 12.1 Å². The molecule has 7 nitrogen and oxygen atoms in total. The lowest BCUT2D eigenvalue weighted by molar-refractivity contribution is -0.147. The number of aromatic nitrogens is 2. The van der Waals surface area contributed by atoms with Gasteiger partial charge in [0.15, 0.2) is 0 Å². The average Bonchev–Trinajstić information content (AvgIpc) is 3.32. The smallest absolute Gasteiger partial charge is 0.229 e. The lowest BCUT2D eigenvalue weighted by Crippen LogP contribution is -2.54. The summed E-state index contributed by atoms with van der Waals surface area (Å²) < 4.78 is 7.79. The zero-order valence-electron chi connectivity index (χ0n) is 17.9. The van der Waals surface area contributed by atoms with Gasteiger partial charge in [0.05, 0.1) is 46.5 Å². The molecule has 2 saturated heterocycles. The van der Waals surface area contributed by atoms with Gasteiger partial charge < -0.3 is 9.80 Å². The van der Waals surface area contributed by atoms with E-state index in [0.717, 1.165) is 67.9 Å². The van der Waals surface area contributed by atoms with Crippen molar-refractivity contribution in [1.29, 1.82) is 0 Å². The van der Waals surface area contributed by atoms with Crippen molar-refractivity contribution < 1.29 is 4.79 Å². The number of anilines is 1. The second kappa shape index (κ2) is 8.01. The van der Waals surface area contributed by atoms with Gasteiger partial charge in [0.1, 0.15) is 5.82 Å². The lowest BCUT2D eigenvalue weighted by Gasteiger charge is -2.47. The number of hydrogen-bond donors (Lipinski definition) is 1. The lowest BCUT2D eigenvalue weighted by atomic mass is 9.71. The van der Waals surface area contributed by atoms with Crippen molar-refractivity contribution in [3.8, 4) is 0 Å². The van der Waals surface area contributed by atoms with E-state index in [1.165, 1.54) is 17.7 Å². The Morgan fingerprint density at radius 2 is 1.97 bits per heavy atom. The van der Waals surface area contributed by atoms with Crippen LogP contribution in [-0.4, -0.2) is 58.7 Å². The number of likely N-dealkylation sites (tertiary alicyclic amines) is 1. The van der Waals surface area contributed by atoms with Gasteiger partial charge in [-0.15, -0.1) is 0 Å². The molecule has 4 heterocycles. The van der Waals surface area contributed by atoms with Crippen molar-refractivity contribution in [1.82, 2.24) is 19.6 Å². The van der Waals surface area contributed by atoms with E-state index in [1.54, 1.807) is 0 Å². The summed E-state index contributed by atoms with van der Waals surface area (Å²) >= 11 is 1.39. The third-order valence-electron chi connectivity index (χ3n) is 7.24. The van der Waals surface area contributed by atoms with Gasteiger partial charge in [-0.05, 0) is 49.5 Å². The number of benzene rings is 1. The van der Waals surface area contributed by atoms with E-state index in [2.05, 4.69) is 30.0 Å². The first-order valence-electron chi connectivity index (χ1n) is 11.3. The molecular weight excluding hydrogens is 420 g/mol. The Hall–Kier alpha value is -2.71. The predicted molar refractivity (Wildman–Crippen MR) is 128 cm³/mol. The van der Waals surface area contributed by atoms with Gasteiger partial charge in [-0.1, -0.05) is 24.3 Å². The molecule has 8 heteroatoms. The Kier molecular flexibility index (Phi) is 4.99. The van der Waals surface area contributed by atoms with Gasteiger partial charge in [-0.3, -0.25) is 9.78 Å². The van der Waals surface area contributed by atoms with E-state index in [-0.39, 0.29) is 11.5 Å². The van der Waals surface area contributed by atoms with Crippen molar-refractivity contribution >= 4 is 40.6 Å². The molecule has 1 aliphatic carbocycles. The summed E-state index contributed by atoms with van der Waals surface area (Å²) in [5.74, 6) is 1.24. The van der Waals surface area contributed by atoms with Crippen molar-refractivity contribution in [2.75, 3.05) is 31.1 Å². The molecule has 1 aromatic heterocycles. The van der Waals surface area contributed by atoms with Crippen LogP contribution < -0.4 is 9.62 Å². The first-order valence-corrected chi connectivity index (χ1v) is 12.1. The van der Waals surface area contributed by atoms with Crippen molar-refractivity contribution in [2.24, 2.45) is 9.81 Å². The number of carbonyl (C=O) groups excluding carboxylic acids is 1. The Labute approximate surface area is 192 Å². The maximum atomic E-state index is 13.7. The molecule has 1 unspecified atom stereocenters. The minimum Gasteiger partial charge on any atom is -0.355 e. The van der Waals surface area contributed by atoms with Crippen LogP contribution in [0.1, 0.15) is 25.7 Å². The second-order valence-corrected chi connectivity index (χ2v) is 9.67. The summed E-state index contributed by atoms with van der Waals surface area (Å²) in [7, 11) is 0. The fraction of sp³-hybridized carbons (Fsp3) is 0.417. The van der Waals surface area contributed by atoms with Crippen LogP contribution in [0.5, 0.6) is 0 Å². The second-order valence-electron chi connectivity index (χ2n) is 9.07. The standard InChI is InChI=1S/C24H26N6OS/c31-23-24(9-4-12-30(23)16-17-5-3-8-20-22(17)28-32-27-20)10-13-29(14-11-24)21-15-25-18-6-1-2-7-19(18)26-21/h1-3,5-8,15,22,28H,4,9-14,16H2. The molecule has 1 aromatic carbocycles. The van der Waals surface area contributed by atoms with E-state index in [0.29, 0.717) is 12.5 Å². The summed E-state index contributed by atoms with van der Waals surface area (Å²) in [6.45, 7) is 3.21. The minimum atomic E-state index is -0.237. The molecule has 1 N–H and O–H groups in total. The maximum Gasteiger partial charge on any atom is 0.229 e. The number of fused-ring (bicyclic) bond motifs is 2. The third-order valence-corrected chi connectivity index (χ3v) is 7.89. The fourth-order valence-corrected chi connectivity index (χ4v) is 6.10. The molecule has 6 rings (SSSR count). The highest BCUT2D eigenvalue weighted by Crippen LogP contribution is 2.42. The van der Waals surface area contributed by atoms with Crippen LogP contribution in [0.15, 0.2) is 58.7 Å². The molecule has 4 aliphatic rings. The van der Waals surface area contributed by atoms with Gasteiger partial charge in [-0.25, -0.2) is 14.1 Å². The molecule has 1 amide bonds. The quantitative estimate of drug-likeness (QED) is 0.730. The number of carbonyl (C=O) groups is 1. The topological polar surface area (TPSA) is 73.7 Å². The minimum absolute atomic E-state index is 0.129. The van der Waals surface area contributed by atoms with E-state index in [1.807, 2.05) is 42.6 Å². The van der Waals surface area contributed by atoms with Crippen LogP contribution in [0.4, 0.5) is 5.82 Å². The Morgan fingerprint density at radius 3 is 2.84 bits per heavy atom. The van der Waals surface area contributed by atoms with Gasteiger partial charge in [0.25, 0.3) is 0 Å². The van der Waals surface area contributed by atoms with Crippen LogP contribution in [0.2, 0.25) is 0 Å². The number of amides is 1. The van der Waals surface area contributed by atoms with Crippen molar-refractivity contribution in [3.63, 3.8) is 0 Å². The first-order chi connectivity index (χ1) is 15.7. The highest BCUT2D eigenvalue weighted by molar-refractivity contribution is 7.96. The number of hydrogen-bond acceptors (Lipinski definition) is 7. The molecule has 1 spiro atoms. The van der Waals surface area contributed by atoms with E-state index in [4.69, 9.17) is 4.98 Å². The first kappa shape index (κ1) is 19.9. The zero-order valence-corrected chi connectivity index (χ0v) is 18.7. The molecule has 2 aromatic rings. The number of para-hydroxylation sites is 2. The van der Waals surface area contributed by atoms with Crippen LogP contribution in [0.3, 0.4) is 0 Å². The van der Waals surface area contributed by atoms with E-state index >= 15 is 0 Å². The number of allylic oxidation sites excluding steroid dienone is 2. The monoisotopic (exact) mass is 446 g/mol. The molecule has 3 aliphatic heterocycles. The highest BCUT2D eigenvalue weighted by Gasteiger charge is 2.46. The van der Waals surface area contributed by atoms with E-state index in [9.17, 15) is 4.79 Å². The van der Waals surface area contributed by atoms with Crippen molar-refractivity contribution in [3.05, 3.63) is 54.3 Å². The molecular formula is C24H26N6OS. The largest absolute Gasteiger partial charge is 0.355 e. The number of rotatable bonds is 3. The Morgan fingerprint density at radius 1 is 1.12 bits per heavy atom. The third kappa shape index (κ3) is 3.42. The SMILES string of the molecule is O=C1N(CC2=CC=CC3=NSNC23)CCCC12CCN(c1cnc3ccccc3n1)CC2. The molecule has 1 atom stereocenters. The summed E-state index contributed by atoms with van der Waals surface area (Å²) in [5, 5.41) is 0. The van der Waals surface area contributed by atoms with Gasteiger partial charge in [0.2, 0.25) is 5.91 Å². The number of nitrogens with zero attached hydrogens (tertiary/aromatic N) is 5. The van der Waals surface area contributed by atoms with Gasteiger partial charge in [-0.2, -0.15) is 0 Å². The molecule has 2 fully saturated rings. The Bertz CT molecular complexity index is 1150. The Balaban J connectivity index is 1.15. The van der Waals surface area contributed by atoms with Crippen LogP contribution in [0.25, 0.3) is 11.0 Å². The summed E-state index contributed by atoms with van der Waals surface area (Å²) in [6, 6.07) is 8.09. The number of nitrogens with one attached hydrogen (secondary N) is 1. The summed E-state index contributed by atoms with van der Waals surface area (Å²) in [4.78, 5) is 27.4. The fourth-order valence-electron chi connectivity index (χ4n) is 5.40. The van der Waals surface area contributed by atoms with Gasteiger partial charge in [0, 0.05) is 26.2 Å². The predicted octanol–water partition coefficient (Wildman–Crippen LogP) is 3.31. The molecule has 0 bridgehead atoms. The average molecular weight is 447 g/mol. The maximum absolute atomic E-state index is 13.7. The van der Waals surface area contributed by atoms with Crippen LogP contribution in [0, 0.1) is 5.41 Å². The summed E-state index contributed by atoms with van der Waals surface area (Å²) in [6.07, 6.45) is 11.9. The van der Waals surface area contributed by atoms with Crippen molar-refractivity contribution in [2.45, 2.75) is 31.7 Å². The van der Waals surface area contributed by atoms with Gasteiger partial charge >= 0.3 is 0 Å².